The first-order chi connectivity index (χ1) is 8.69. The smallest absolute Gasteiger partial charge is 0.0992 e. The van der Waals surface area contributed by atoms with Gasteiger partial charge in [0.1, 0.15) is 0 Å². The van der Waals surface area contributed by atoms with Crippen LogP contribution in [0.2, 0.25) is 0 Å². The fraction of sp³-hybridized carbons (Fsp3) is 0.500. The van der Waals surface area contributed by atoms with E-state index in [4.69, 9.17) is 5.26 Å². The van der Waals surface area contributed by atoms with Crippen LogP contribution in [0.1, 0.15) is 24.8 Å². The third kappa shape index (κ3) is 3.47. The SMILES string of the molecule is CN1CCCC(Nc2ccc(C#N)cc2Br)CC1. The van der Waals surface area contributed by atoms with Crippen molar-refractivity contribution in [1.82, 2.24) is 4.90 Å². The Kier molecular flexibility index (Phi) is 4.62. The Hall–Kier alpha value is -1.05. The first-order valence-electron chi connectivity index (χ1n) is 6.34. The predicted octanol–water partition coefficient (Wildman–Crippen LogP) is 3.22. The fourth-order valence-corrected chi connectivity index (χ4v) is 2.80. The van der Waals surface area contributed by atoms with Crippen LogP contribution in [-0.2, 0) is 0 Å². The van der Waals surface area contributed by atoms with E-state index < -0.39 is 0 Å². The lowest BCUT2D eigenvalue weighted by molar-refractivity contribution is 0.348. The molecule has 1 aliphatic rings. The number of nitrogens with one attached hydrogen (secondary N) is 1. The lowest BCUT2D eigenvalue weighted by atomic mass is 10.1. The summed E-state index contributed by atoms with van der Waals surface area (Å²) in [6.45, 7) is 2.33. The van der Waals surface area contributed by atoms with E-state index in [9.17, 15) is 0 Å². The van der Waals surface area contributed by atoms with Crippen LogP contribution in [0.3, 0.4) is 0 Å². The van der Waals surface area contributed by atoms with Crippen molar-refractivity contribution in [3.8, 4) is 6.07 Å². The summed E-state index contributed by atoms with van der Waals surface area (Å²) in [5, 5.41) is 12.4. The van der Waals surface area contributed by atoms with Gasteiger partial charge in [0.05, 0.1) is 11.6 Å². The second-order valence-electron chi connectivity index (χ2n) is 4.88. The molecule has 2 rings (SSSR count). The minimum atomic E-state index is 0.527. The molecule has 4 heteroatoms. The van der Waals surface area contributed by atoms with Crippen molar-refractivity contribution in [3.63, 3.8) is 0 Å². The van der Waals surface area contributed by atoms with Crippen molar-refractivity contribution >= 4 is 21.6 Å². The Bertz CT molecular complexity index is 453. The fourth-order valence-electron chi connectivity index (χ4n) is 2.31. The third-order valence-electron chi connectivity index (χ3n) is 3.41. The maximum atomic E-state index is 8.84. The van der Waals surface area contributed by atoms with Gasteiger partial charge in [-0.2, -0.15) is 5.26 Å². The molecule has 18 heavy (non-hydrogen) atoms. The maximum Gasteiger partial charge on any atom is 0.0992 e. The second-order valence-corrected chi connectivity index (χ2v) is 5.74. The molecule has 0 radical (unpaired) electrons. The quantitative estimate of drug-likeness (QED) is 0.912. The molecule has 1 heterocycles. The minimum Gasteiger partial charge on any atom is -0.381 e. The van der Waals surface area contributed by atoms with Gasteiger partial charge in [0, 0.05) is 16.2 Å². The lowest BCUT2D eigenvalue weighted by Gasteiger charge is -2.19. The molecule has 1 aliphatic heterocycles. The summed E-state index contributed by atoms with van der Waals surface area (Å²) in [6.07, 6.45) is 3.61. The van der Waals surface area contributed by atoms with E-state index in [0.29, 0.717) is 11.6 Å². The highest BCUT2D eigenvalue weighted by atomic mass is 79.9. The highest BCUT2D eigenvalue weighted by Gasteiger charge is 2.15. The number of nitriles is 1. The third-order valence-corrected chi connectivity index (χ3v) is 4.07. The molecule has 0 aliphatic carbocycles. The molecule has 1 N–H and O–H groups in total. The topological polar surface area (TPSA) is 39.1 Å². The Morgan fingerprint density at radius 2 is 2.22 bits per heavy atom. The molecule has 0 spiro atoms. The summed E-state index contributed by atoms with van der Waals surface area (Å²) in [7, 11) is 2.18. The van der Waals surface area contributed by atoms with Crippen molar-refractivity contribution in [2.24, 2.45) is 0 Å². The standard InChI is InChI=1S/C14H18BrN3/c1-18-7-2-3-12(6-8-18)17-14-5-4-11(10-16)9-13(14)15/h4-5,9,12,17H,2-3,6-8H2,1H3. The normalized spacial score (nSPS) is 21.1. The van der Waals surface area contributed by atoms with Crippen LogP contribution in [0.5, 0.6) is 0 Å². The van der Waals surface area contributed by atoms with Crippen molar-refractivity contribution in [2.45, 2.75) is 25.3 Å². The number of nitrogens with zero attached hydrogens (tertiary/aromatic N) is 2. The van der Waals surface area contributed by atoms with Gasteiger partial charge in [0.15, 0.2) is 0 Å². The number of likely N-dealkylation sites (tertiary alicyclic amines) is 1. The van der Waals surface area contributed by atoms with Gasteiger partial charge < -0.3 is 10.2 Å². The lowest BCUT2D eigenvalue weighted by Crippen LogP contribution is -2.23. The number of rotatable bonds is 2. The molecule has 3 nitrogen and oxygen atoms in total. The number of hydrogen-bond donors (Lipinski definition) is 1. The van der Waals surface area contributed by atoms with Gasteiger partial charge in [-0.3, -0.25) is 0 Å². The predicted molar refractivity (Wildman–Crippen MR) is 77.6 cm³/mol. The van der Waals surface area contributed by atoms with Gasteiger partial charge in [0.25, 0.3) is 0 Å². The largest absolute Gasteiger partial charge is 0.381 e. The zero-order valence-electron chi connectivity index (χ0n) is 10.6. The monoisotopic (exact) mass is 307 g/mol. The van der Waals surface area contributed by atoms with E-state index in [2.05, 4.69) is 39.3 Å². The zero-order valence-corrected chi connectivity index (χ0v) is 12.2. The molecule has 0 aromatic heterocycles. The van der Waals surface area contributed by atoms with Crippen LogP contribution in [0.25, 0.3) is 0 Å². The van der Waals surface area contributed by atoms with Crippen LogP contribution < -0.4 is 5.32 Å². The molecule has 0 amide bonds. The highest BCUT2D eigenvalue weighted by molar-refractivity contribution is 9.10. The Labute approximate surface area is 117 Å². The van der Waals surface area contributed by atoms with E-state index in [1.54, 1.807) is 0 Å². The minimum absolute atomic E-state index is 0.527. The average molecular weight is 308 g/mol. The van der Waals surface area contributed by atoms with Crippen molar-refractivity contribution in [3.05, 3.63) is 28.2 Å². The summed E-state index contributed by atoms with van der Waals surface area (Å²) >= 11 is 3.52. The second kappa shape index (κ2) is 6.21. The van der Waals surface area contributed by atoms with E-state index in [1.807, 2.05) is 18.2 Å². The van der Waals surface area contributed by atoms with E-state index in [1.165, 1.54) is 25.8 Å². The highest BCUT2D eigenvalue weighted by Crippen LogP contribution is 2.26. The van der Waals surface area contributed by atoms with Crippen LogP contribution >= 0.6 is 15.9 Å². The summed E-state index contributed by atoms with van der Waals surface area (Å²) in [5.74, 6) is 0. The van der Waals surface area contributed by atoms with E-state index in [0.717, 1.165) is 16.7 Å². The van der Waals surface area contributed by atoms with E-state index >= 15 is 0 Å². The van der Waals surface area contributed by atoms with Gasteiger partial charge in [-0.25, -0.2) is 0 Å². The maximum absolute atomic E-state index is 8.84. The van der Waals surface area contributed by atoms with Gasteiger partial charge in [-0.15, -0.1) is 0 Å². The molecule has 1 fully saturated rings. The van der Waals surface area contributed by atoms with Gasteiger partial charge in [-0.1, -0.05) is 0 Å². The number of hydrogen-bond acceptors (Lipinski definition) is 3. The molecule has 1 aromatic carbocycles. The molecule has 1 atom stereocenters. The Morgan fingerprint density at radius 3 is 2.94 bits per heavy atom. The first-order valence-corrected chi connectivity index (χ1v) is 7.13. The van der Waals surface area contributed by atoms with Gasteiger partial charge in [0.2, 0.25) is 0 Å². The Balaban J connectivity index is 2.03. The molecular formula is C14H18BrN3. The van der Waals surface area contributed by atoms with E-state index in [-0.39, 0.29) is 0 Å². The number of halogens is 1. The Morgan fingerprint density at radius 1 is 1.39 bits per heavy atom. The van der Waals surface area contributed by atoms with Gasteiger partial charge >= 0.3 is 0 Å². The van der Waals surface area contributed by atoms with Crippen LogP contribution in [0.15, 0.2) is 22.7 Å². The van der Waals surface area contributed by atoms with Crippen LogP contribution in [0.4, 0.5) is 5.69 Å². The summed E-state index contributed by atoms with van der Waals surface area (Å²) in [4.78, 5) is 2.38. The van der Waals surface area contributed by atoms with Crippen molar-refractivity contribution < 1.29 is 0 Å². The van der Waals surface area contributed by atoms with Gasteiger partial charge in [-0.05, 0) is 73.5 Å². The molecule has 1 saturated heterocycles. The zero-order chi connectivity index (χ0) is 13.0. The molecule has 1 aromatic rings. The van der Waals surface area contributed by atoms with Crippen molar-refractivity contribution in [2.75, 3.05) is 25.5 Å². The number of benzene rings is 1. The van der Waals surface area contributed by atoms with Crippen LogP contribution in [-0.4, -0.2) is 31.1 Å². The molecule has 1 unspecified atom stereocenters. The number of anilines is 1. The van der Waals surface area contributed by atoms with Crippen molar-refractivity contribution in [1.29, 1.82) is 5.26 Å². The first kappa shape index (κ1) is 13.4. The average Bonchev–Trinajstić information content (AvgIpc) is 2.57. The summed E-state index contributed by atoms with van der Waals surface area (Å²) in [5.41, 5.74) is 1.77. The molecular weight excluding hydrogens is 290 g/mol. The summed E-state index contributed by atoms with van der Waals surface area (Å²) < 4.78 is 0.971. The molecule has 96 valence electrons. The summed E-state index contributed by atoms with van der Waals surface area (Å²) in [6, 6.07) is 8.38. The molecule has 0 bridgehead atoms. The molecule has 0 saturated carbocycles. The van der Waals surface area contributed by atoms with Crippen LogP contribution in [0, 0.1) is 11.3 Å².